The van der Waals surface area contributed by atoms with Crippen LogP contribution in [0.2, 0.25) is 0 Å². The average molecular weight is 579 g/mol. The van der Waals surface area contributed by atoms with Gasteiger partial charge < -0.3 is 25.4 Å². The van der Waals surface area contributed by atoms with E-state index in [1.807, 2.05) is 6.07 Å². The van der Waals surface area contributed by atoms with Gasteiger partial charge in [0.15, 0.2) is 0 Å². The van der Waals surface area contributed by atoms with Crippen molar-refractivity contribution in [1.29, 1.82) is 0 Å². The molecule has 0 saturated carbocycles. The SMILES string of the molecule is O=C(O)C(CCN(CCCCc1ccc2c(n1)NCCC2)CCOCC(F)(F)F)Nc1ncc(C(F)(F)F)cn1. The molecular formula is C25H32F6N6O3. The number of pyridine rings is 1. The van der Waals surface area contributed by atoms with Crippen LogP contribution >= 0.6 is 0 Å². The predicted molar refractivity (Wildman–Crippen MR) is 134 cm³/mol. The second-order valence-electron chi connectivity index (χ2n) is 9.42. The van der Waals surface area contributed by atoms with E-state index in [2.05, 4.69) is 31.7 Å². The zero-order chi connectivity index (χ0) is 29.2. The van der Waals surface area contributed by atoms with Crippen molar-refractivity contribution in [2.75, 3.05) is 50.0 Å². The van der Waals surface area contributed by atoms with Crippen LogP contribution in [0, 0.1) is 0 Å². The van der Waals surface area contributed by atoms with E-state index in [1.54, 1.807) is 4.90 Å². The standard InChI is InChI=1S/C25H32F6N6O3/c26-24(27,28)16-40-13-12-37(10-2-1-5-19-7-6-17-4-3-9-32-21(17)35-19)11-8-20(22(38)39)36-23-33-14-18(15-34-23)25(29,30)31/h6-7,14-15,20H,1-5,8-13,16H2,(H,32,35)(H,38,39)(H,33,34,36). The number of halogens is 6. The molecule has 1 aliphatic rings. The van der Waals surface area contributed by atoms with Crippen molar-refractivity contribution in [1.82, 2.24) is 19.9 Å². The van der Waals surface area contributed by atoms with Gasteiger partial charge in [0.05, 0.1) is 12.2 Å². The van der Waals surface area contributed by atoms with Gasteiger partial charge in [-0.3, -0.25) is 0 Å². The highest BCUT2D eigenvalue weighted by Crippen LogP contribution is 2.28. The molecule has 222 valence electrons. The molecule has 0 aliphatic carbocycles. The number of anilines is 2. The topological polar surface area (TPSA) is 112 Å². The number of fused-ring (bicyclic) bond motifs is 1. The molecule has 2 aromatic heterocycles. The van der Waals surface area contributed by atoms with E-state index in [4.69, 9.17) is 4.74 Å². The summed E-state index contributed by atoms with van der Waals surface area (Å²) in [5.41, 5.74) is 1.04. The molecule has 0 spiro atoms. The predicted octanol–water partition coefficient (Wildman–Crippen LogP) is 4.41. The fourth-order valence-electron chi connectivity index (χ4n) is 4.14. The summed E-state index contributed by atoms with van der Waals surface area (Å²) in [5.74, 6) is -0.659. The van der Waals surface area contributed by atoms with Crippen LogP contribution in [-0.2, 0) is 28.5 Å². The van der Waals surface area contributed by atoms with Gasteiger partial charge in [0.1, 0.15) is 18.5 Å². The van der Waals surface area contributed by atoms with Crippen LogP contribution in [0.25, 0.3) is 0 Å². The lowest BCUT2D eigenvalue weighted by Crippen LogP contribution is -2.37. The monoisotopic (exact) mass is 578 g/mol. The molecule has 40 heavy (non-hydrogen) atoms. The van der Waals surface area contributed by atoms with Gasteiger partial charge in [0, 0.05) is 37.7 Å². The normalized spacial score (nSPS) is 14.5. The maximum Gasteiger partial charge on any atom is 0.419 e. The van der Waals surface area contributed by atoms with E-state index in [1.165, 1.54) is 5.56 Å². The summed E-state index contributed by atoms with van der Waals surface area (Å²) in [6.45, 7) is 0.0864. The van der Waals surface area contributed by atoms with E-state index in [0.29, 0.717) is 31.8 Å². The highest BCUT2D eigenvalue weighted by Gasteiger charge is 2.31. The number of aromatic nitrogens is 3. The Morgan fingerprint density at radius 2 is 1.85 bits per heavy atom. The minimum atomic E-state index is -4.63. The average Bonchev–Trinajstić information content (AvgIpc) is 2.89. The third kappa shape index (κ3) is 10.8. The second-order valence-corrected chi connectivity index (χ2v) is 9.42. The Morgan fingerprint density at radius 3 is 2.52 bits per heavy atom. The number of hydrogen-bond donors (Lipinski definition) is 3. The number of nitrogens with zero attached hydrogens (tertiary/aromatic N) is 4. The second kappa shape index (κ2) is 14.4. The highest BCUT2D eigenvalue weighted by molar-refractivity contribution is 5.76. The lowest BCUT2D eigenvalue weighted by molar-refractivity contribution is -0.174. The Kier molecular flexibility index (Phi) is 11.3. The number of carboxylic acid groups (broad SMARTS) is 1. The molecule has 0 radical (unpaired) electrons. The smallest absolute Gasteiger partial charge is 0.419 e. The van der Waals surface area contributed by atoms with Gasteiger partial charge in [-0.2, -0.15) is 26.3 Å². The van der Waals surface area contributed by atoms with Gasteiger partial charge in [-0.15, -0.1) is 0 Å². The molecule has 3 heterocycles. The van der Waals surface area contributed by atoms with E-state index >= 15 is 0 Å². The maximum absolute atomic E-state index is 12.7. The number of carboxylic acids is 1. The minimum Gasteiger partial charge on any atom is -0.480 e. The number of ether oxygens (including phenoxy) is 1. The van der Waals surface area contributed by atoms with Crippen LogP contribution in [-0.4, -0.2) is 82.5 Å². The van der Waals surface area contributed by atoms with Gasteiger partial charge in [-0.25, -0.2) is 19.7 Å². The maximum atomic E-state index is 12.7. The highest BCUT2D eigenvalue weighted by atomic mass is 19.4. The molecule has 3 N–H and O–H groups in total. The number of alkyl halides is 6. The molecule has 3 rings (SSSR count). The summed E-state index contributed by atoms with van der Waals surface area (Å²) in [6.07, 6.45) is -3.81. The molecule has 2 aromatic rings. The molecule has 0 amide bonds. The van der Waals surface area contributed by atoms with Crippen LogP contribution in [0.15, 0.2) is 24.5 Å². The van der Waals surface area contributed by atoms with Gasteiger partial charge >= 0.3 is 18.3 Å². The summed E-state index contributed by atoms with van der Waals surface area (Å²) < 4.78 is 80.2. The summed E-state index contributed by atoms with van der Waals surface area (Å²) in [4.78, 5) is 25.3. The number of nitrogens with one attached hydrogen (secondary N) is 2. The molecule has 9 nitrogen and oxygen atoms in total. The summed E-state index contributed by atoms with van der Waals surface area (Å²) >= 11 is 0. The Hall–Kier alpha value is -3.20. The Balaban J connectivity index is 1.53. The lowest BCUT2D eigenvalue weighted by atomic mass is 10.1. The third-order valence-electron chi connectivity index (χ3n) is 6.24. The number of rotatable bonds is 15. The van der Waals surface area contributed by atoms with Crippen LogP contribution in [0.1, 0.15) is 42.5 Å². The first-order chi connectivity index (χ1) is 18.9. The zero-order valence-corrected chi connectivity index (χ0v) is 21.7. The first-order valence-electron chi connectivity index (χ1n) is 12.9. The molecule has 0 saturated heterocycles. The lowest BCUT2D eigenvalue weighted by Gasteiger charge is -2.24. The Bertz CT molecular complexity index is 1080. The number of hydrogen-bond acceptors (Lipinski definition) is 8. The number of aliphatic carboxylic acids is 1. The van der Waals surface area contributed by atoms with Crippen molar-refractivity contribution >= 4 is 17.7 Å². The van der Waals surface area contributed by atoms with Crippen molar-refractivity contribution in [2.45, 2.75) is 56.9 Å². The van der Waals surface area contributed by atoms with Crippen LogP contribution in [0.3, 0.4) is 0 Å². The van der Waals surface area contributed by atoms with Crippen LogP contribution < -0.4 is 10.6 Å². The van der Waals surface area contributed by atoms with Crippen LogP contribution in [0.5, 0.6) is 0 Å². The van der Waals surface area contributed by atoms with Crippen LogP contribution in [0.4, 0.5) is 38.1 Å². The molecule has 1 aliphatic heterocycles. The number of carbonyl (C=O) groups is 1. The van der Waals surface area contributed by atoms with E-state index in [0.717, 1.165) is 37.3 Å². The number of aryl methyl sites for hydroxylation is 2. The zero-order valence-electron chi connectivity index (χ0n) is 21.7. The summed E-state index contributed by atoms with van der Waals surface area (Å²) in [5, 5.41) is 15.4. The van der Waals surface area contributed by atoms with Crippen molar-refractivity contribution in [2.24, 2.45) is 0 Å². The van der Waals surface area contributed by atoms with Crippen molar-refractivity contribution < 1.29 is 41.0 Å². The molecule has 0 aromatic carbocycles. The molecule has 0 bridgehead atoms. The van der Waals surface area contributed by atoms with E-state index in [9.17, 15) is 36.2 Å². The molecule has 15 heteroatoms. The van der Waals surface area contributed by atoms with Crippen molar-refractivity contribution in [3.63, 3.8) is 0 Å². The quantitative estimate of drug-likeness (QED) is 0.209. The molecule has 1 unspecified atom stereocenters. The van der Waals surface area contributed by atoms with E-state index in [-0.39, 0.29) is 32.1 Å². The van der Waals surface area contributed by atoms with Crippen molar-refractivity contribution in [3.05, 3.63) is 41.3 Å². The van der Waals surface area contributed by atoms with Gasteiger partial charge in [0.2, 0.25) is 5.95 Å². The minimum absolute atomic E-state index is 0.00294. The summed E-state index contributed by atoms with van der Waals surface area (Å²) in [7, 11) is 0. The summed E-state index contributed by atoms with van der Waals surface area (Å²) in [6, 6.07) is 2.82. The fourth-order valence-corrected chi connectivity index (χ4v) is 4.14. The van der Waals surface area contributed by atoms with Gasteiger partial charge in [-0.1, -0.05) is 6.07 Å². The van der Waals surface area contributed by atoms with Gasteiger partial charge in [0.25, 0.3) is 0 Å². The van der Waals surface area contributed by atoms with Crippen molar-refractivity contribution in [3.8, 4) is 0 Å². The van der Waals surface area contributed by atoms with E-state index < -0.39 is 36.5 Å². The first-order valence-corrected chi connectivity index (χ1v) is 12.9. The first kappa shape index (κ1) is 31.3. The largest absolute Gasteiger partial charge is 0.480 e. The molecule has 0 fully saturated rings. The number of unbranched alkanes of at least 4 members (excludes halogenated alkanes) is 1. The fraction of sp³-hybridized carbons (Fsp3) is 0.600. The Labute approximate surface area is 227 Å². The third-order valence-corrected chi connectivity index (χ3v) is 6.24. The molecular weight excluding hydrogens is 546 g/mol. The van der Waals surface area contributed by atoms with Gasteiger partial charge in [-0.05, 0) is 56.7 Å². The molecule has 1 atom stereocenters. The Morgan fingerprint density at radius 1 is 1.10 bits per heavy atom.